The molecule has 6 heteroatoms. The van der Waals surface area contributed by atoms with Crippen molar-refractivity contribution in [3.8, 4) is 17.4 Å². The largest absolute Gasteiger partial charge is 0.490 e. The molecule has 0 bridgehead atoms. The summed E-state index contributed by atoms with van der Waals surface area (Å²) in [5, 5.41) is 2.86. The Kier molecular flexibility index (Phi) is 6.77. The first-order valence-corrected chi connectivity index (χ1v) is 8.39. The molecule has 0 saturated heterocycles. The molecule has 0 aliphatic heterocycles. The average molecular weight is 343 g/mol. The molecule has 0 spiro atoms. The minimum absolute atomic E-state index is 0.0685. The van der Waals surface area contributed by atoms with Crippen molar-refractivity contribution in [2.24, 2.45) is 11.7 Å². The predicted molar refractivity (Wildman–Crippen MR) is 96.6 cm³/mol. The molecule has 0 aliphatic rings. The predicted octanol–water partition coefficient (Wildman–Crippen LogP) is 2.87. The topological polar surface area (TPSA) is 86.5 Å². The molecule has 6 nitrogen and oxygen atoms in total. The van der Waals surface area contributed by atoms with Crippen molar-refractivity contribution in [1.82, 2.24) is 10.3 Å². The molecule has 134 valence electrons. The van der Waals surface area contributed by atoms with Gasteiger partial charge in [0, 0.05) is 30.8 Å². The van der Waals surface area contributed by atoms with Crippen LogP contribution in [0.5, 0.6) is 17.4 Å². The number of amides is 1. The summed E-state index contributed by atoms with van der Waals surface area (Å²) in [6.45, 7) is 6.51. The van der Waals surface area contributed by atoms with Crippen LogP contribution in [0.1, 0.15) is 26.3 Å². The molecule has 0 radical (unpaired) electrons. The SMILES string of the molecule is CCOc1ccccc1Oc1ccc(CNC(=O)C(C)C(C)N)cn1. The smallest absolute Gasteiger partial charge is 0.224 e. The van der Waals surface area contributed by atoms with Gasteiger partial charge in [-0.3, -0.25) is 4.79 Å². The highest BCUT2D eigenvalue weighted by atomic mass is 16.5. The maximum Gasteiger partial charge on any atom is 0.224 e. The van der Waals surface area contributed by atoms with Crippen LogP contribution >= 0.6 is 0 Å². The molecule has 0 fully saturated rings. The van der Waals surface area contributed by atoms with Gasteiger partial charge in [0.05, 0.1) is 6.61 Å². The third-order valence-electron chi connectivity index (χ3n) is 3.83. The van der Waals surface area contributed by atoms with Crippen LogP contribution in [0.25, 0.3) is 0 Å². The zero-order valence-corrected chi connectivity index (χ0v) is 14.9. The highest BCUT2D eigenvalue weighted by Gasteiger charge is 2.16. The Morgan fingerprint density at radius 1 is 1.20 bits per heavy atom. The summed E-state index contributed by atoms with van der Waals surface area (Å²) in [5.74, 6) is 1.45. The van der Waals surface area contributed by atoms with Crippen molar-refractivity contribution in [3.05, 3.63) is 48.2 Å². The van der Waals surface area contributed by atoms with Crippen molar-refractivity contribution < 1.29 is 14.3 Å². The molecule has 1 amide bonds. The summed E-state index contributed by atoms with van der Waals surface area (Å²) in [6, 6.07) is 10.9. The van der Waals surface area contributed by atoms with Gasteiger partial charge >= 0.3 is 0 Å². The molecule has 1 heterocycles. The van der Waals surface area contributed by atoms with Gasteiger partial charge in [-0.25, -0.2) is 4.98 Å². The van der Waals surface area contributed by atoms with Gasteiger partial charge in [-0.05, 0) is 31.5 Å². The average Bonchev–Trinajstić information content (AvgIpc) is 2.62. The first kappa shape index (κ1) is 18.7. The number of pyridine rings is 1. The zero-order chi connectivity index (χ0) is 18.2. The van der Waals surface area contributed by atoms with Crippen LogP contribution in [0.2, 0.25) is 0 Å². The Hall–Kier alpha value is -2.60. The molecule has 3 N–H and O–H groups in total. The third-order valence-corrected chi connectivity index (χ3v) is 3.83. The Morgan fingerprint density at radius 2 is 1.92 bits per heavy atom. The van der Waals surface area contributed by atoms with E-state index in [1.165, 1.54) is 0 Å². The van der Waals surface area contributed by atoms with Crippen molar-refractivity contribution in [1.29, 1.82) is 0 Å². The molecule has 1 aromatic carbocycles. The second kappa shape index (κ2) is 9.03. The number of nitrogens with zero attached hydrogens (tertiary/aromatic N) is 1. The standard InChI is InChI=1S/C19H25N3O3/c1-4-24-16-7-5-6-8-17(16)25-18-10-9-15(11-21-18)12-22-19(23)13(2)14(3)20/h5-11,13-14H,4,12,20H2,1-3H3,(H,22,23). The fourth-order valence-electron chi connectivity index (χ4n) is 2.09. The number of rotatable bonds is 8. The summed E-state index contributed by atoms with van der Waals surface area (Å²) < 4.78 is 11.3. The van der Waals surface area contributed by atoms with Crippen molar-refractivity contribution in [2.45, 2.75) is 33.4 Å². The van der Waals surface area contributed by atoms with Gasteiger partial charge in [0.25, 0.3) is 0 Å². The van der Waals surface area contributed by atoms with E-state index in [-0.39, 0.29) is 17.9 Å². The van der Waals surface area contributed by atoms with E-state index < -0.39 is 0 Å². The van der Waals surface area contributed by atoms with E-state index in [2.05, 4.69) is 10.3 Å². The highest BCUT2D eigenvalue weighted by molar-refractivity contribution is 5.78. The number of carbonyl (C=O) groups excluding carboxylic acids is 1. The third kappa shape index (κ3) is 5.46. The number of para-hydroxylation sites is 2. The second-order valence-electron chi connectivity index (χ2n) is 5.85. The number of benzene rings is 1. The maximum atomic E-state index is 11.9. The maximum absolute atomic E-state index is 11.9. The van der Waals surface area contributed by atoms with Crippen LogP contribution in [0, 0.1) is 5.92 Å². The number of nitrogens with one attached hydrogen (secondary N) is 1. The normalized spacial score (nSPS) is 13.0. The number of hydrogen-bond donors (Lipinski definition) is 2. The van der Waals surface area contributed by atoms with Crippen LogP contribution in [0.4, 0.5) is 0 Å². The summed E-state index contributed by atoms with van der Waals surface area (Å²) in [7, 11) is 0. The number of aromatic nitrogens is 1. The molecular formula is C19H25N3O3. The lowest BCUT2D eigenvalue weighted by Crippen LogP contribution is -2.38. The van der Waals surface area contributed by atoms with Crippen molar-refractivity contribution >= 4 is 5.91 Å². The fraction of sp³-hybridized carbons (Fsp3) is 0.368. The molecule has 2 atom stereocenters. The van der Waals surface area contributed by atoms with E-state index in [1.807, 2.05) is 51.1 Å². The Morgan fingerprint density at radius 3 is 2.52 bits per heavy atom. The molecule has 25 heavy (non-hydrogen) atoms. The molecule has 2 unspecified atom stereocenters. The highest BCUT2D eigenvalue weighted by Crippen LogP contribution is 2.30. The number of ether oxygens (including phenoxy) is 2. The summed E-state index contributed by atoms with van der Waals surface area (Å²) in [4.78, 5) is 16.2. The number of hydrogen-bond acceptors (Lipinski definition) is 5. The van der Waals surface area contributed by atoms with Gasteiger partial charge in [-0.2, -0.15) is 0 Å². The molecule has 0 aliphatic carbocycles. The molecule has 1 aromatic heterocycles. The quantitative estimate of drug-likeness (QED) is 0.770. The van der Waals surface area contributed by atoms with Crippen LogP contribution < -0.4 is 20.5 Å². The van der Waals surface area contributed by atoms with E-state index in [1.54, 1.807) is 12.3 Å². The Bertz CT molecular complexity index is 687. The number of carbonyl (C=O) groups is 1. The van der Waals surface area contributed by atoms with Crippen molar-refractivity contribution in [3.63, 3.8) is 0 Å². The van der Waals surface area contributed by atoms with Crippen molar-refractivity contribution in [2.75, 3.05) is 6.61 Å². The van der Waals surface area contributed by atoms with E-state index in [4.69, 9.17) is 15.2 Å². The van der Waals surface area contributed by atoms with Crippen LogP contribution in [-0.2, 0) is 11.3 Å². The van der Waals surface area contributed by atoms with E-state index in [9.17, 15) is 4.79 Å². The summed E-state index contributed by atoms with van der Waals surface area (Å²) >= 11 is 0. The molecule has 0 saturated carbocycles. The molecular weight excluding hydrogens is 318 g/mol. The van der Waals surface area contributed by atoms with E-state index >= 15 is 0 Å². The Labute approximate surface area is 148 Å². The van der Waals surface area contributed by atoms with Gasteiger partial charge in [0.2, 0.25) is 11.8 Å². The Balaban J connectivity index is 1.95. The first-order chi connectivity index (χ1) is 12.0. The summed E-state index contributed by atoms with van der Waals surface area (Å²) in [5.41, 5.74) is 6.62. The molecule has 2 rings (SSSR count). The minimum Gasteiger partial charge on any atom is -0.490 e. The monoisotopic (exact) mass is 343 g/mol. The van der Waals surface area contributed by atoms with Crippen LogP contribution in [0.3, 0.4) is 0 Å². The summed E-state index contributed by atoms with van der Waals surface area (Å²) in [6.07, 6.45) is 1.68. The van der Waals surface area contributed by atoms with Gasteiger partial charge in [0.1, 0.15) is 0 Å². The van der Waals surface area contributed by atoms with Gasteiger partial charge in [-0.15, -0.1) is 0 Å². The van der Waals surface area contributed by atoms with Gasteiger partial charge in [-0.1, -0.05) is 25.1 Å². The van der Waals surface area contributed by atoms with E-state index in [0.29, 0.717) is 30.5 Å². The van der Waals surface area contributed by atoms with Gasteiger partial charge in [0.15, 0.2) is 11.5 Å². The first-order valence-electron chi connectivity index (χ1n) is 8.39. The van der Waals surface area contributed by atoms with Gasteiger partial charge < -0.3 is 20.5 Å². The van der Waals surface area contributed by atoms with E-state index in [0.717, 1.165) is 5.56 Å². The lowest BCUT2D eigenvalue weighted by molar-refractivity contribution is -0.125. The minimum atomic E-state index is -0.231. The zero-order valence-electron chi connectivity index (χ0n) is 14.9. The van der Waals surface area contributed by atoms with Crippen LogP contribution in [-0.4, -0.2) is 23.5 Å². The fourth-order valence-corrected chi connectivity index (χ4v) is 2.09. The molecule has 2 aromatic rings. The lowest BCUT2D eigenvalue weighted by atomic mass is 10.0. The lowest BCUT2D eigenvalue weighted by Gasteiger charge is -2.15. The number of nitrogens with two attached hydrogens (primary N) is 1. The van der Waals surface area contributed by atoms with Crippen LogP contribution in [0.15, 0.2) is 42.6 Å². The second-order valence-corrected chi connectivity index (χ2v) is 5.85.